The van der Waals surface area contributed by atoms with Gasteiger partial charge in [-0.1, -0.05) is 29.5 Å². The van der Waals surface area contributed by atoms with Crippen LogP contribution in [0, 0.1) is 5.82 Å². The Morgan fingerprint density at radius 1 is 1.21 bits per heavy atom. The number of amides is 1. The molecular formula is C17H12FN3OS2. The van der Waals surface area contributed by atoms with Crippen LogP contribution in [0.1, 0.15) is 15.4 Å². The fraction of sp³-hybridized carbons (Fsp3) is 0.0588. The average Bonchev–Trinajstić information content (AvgIpc) is 3.29. The summed E-state index contributed by atoms with van der Waals surface area (Å²) in [5, 5.41) is 4.84. The molecule has 7 heteroatoms. The molecule has 0 radical (unpaired) electrons. The van der Waals surface area contributed by atoms with Crippen molar-refractivity contribution in [1.82, 2.24) is 14.7 Å². The first-order valence-electron chi connectivity index (χ1n) is 7.24. The summed E-state index contributed by atoms with van der Waals surface area (Å²) in [4.78, 5) is 19.4. The zero-order chi connectivity index (χ0) is 16.5. The highest BCUT2D eigenvalue weighted by atomic mass is 32.1. The lowest BCUT2D eigenvalue weighted by Crippen LogP contribution is -2.22. The maximum absolute atomic E-state index is 13.0. The van der Waals surface area contributed by atoms with Crippen molar-refractivity contribution in [2.24, 2.45) is 0 Å². The Labute approximate surface area is 145 Å². The summed E-state index contributed by atoms with van der Waals surface area (Å²) >= 11 is 3.06. The molecule has 0 aliphatic carbocycles. The van der Waals surface area contributed by atoms with E-state index in [9.17, 15) is 9.18 Å². The average molecular weight is 357 g/mol. The van der Waals surface area contributed by atoms with Crippen molar-refractivity contribution < 1.29 is 9.18 Å². The Hall–Kier alpha value is -2.51. The number of aromatic nitrogens is 2. The lowest BCUT2D eigenvalue weighted by atomic mass is 10.2. The summed E-state index contributed by atoms with van der Waals surface area (Å²) in [6, 6.07) is 10.3. The van der Waals surface area contributed by atoms with E-state index < -0.39 is 0 Å². The number of rotatable bonds is 4. The van der Waals surface area contributed by atoms with Crippen LogP contribution in [0.15, 0.2) is 54.2 Å². The van der Waals surface area contributed by atoms with Crippen LogP contribution in [0.25, 0.3) is 15.4 Å². The number of nitrogens with one attached hydrogen (secondary N) is 1. The number of benzene rings is 1. The van der Waals surface area contributed by atoms with Crippen molar-refractivity contribution in [3.63, 3.8) is 0 Å². The molecule has 4 aromatic rings. The summed E-state index contributed by atoms with van der Waals surface area (Å²) in [5.74, 6) is -0.451. The Morgan fingerprint density at radius 2 is 2.04 bits per heavy atom. The zero-order valence-corrected chi connectivity index (χ0v) is 14.0. The highest BCUT2D eigenvalue weighted by molar-refractivity contribution is 7.20. The molecule has 0 spiro atoms. The van der Waals surface area contributed by atoms with Crippen LogP contribution in [0.3, 0.4) is 0 Å². The molecule has 1 aromatic carbocycles. The van der Waals surface area contributed by atoms with Gasteiger partial charge in [0.15, 0.2) is 4.96 Å². The van der Waals surface area contributed by atoms with Crippen molar-refractivity contribution in [3.8, 4) is 10.4 Å². The second kappa shape index (κ2) is 6.18. The molecule has 0 bridgehead atoms. The molecule has 4 nitrogen and oxygen atoms in total. The minimum atomic E-state index is -0.259. The van der Waals surface area contributed by atoms with E-state index in [1.54, 1.807) is 29.7 Å². The van der Waals surface area contributed by atoms with Crippen LogP contribution < -0.4 is 5.32 Å². The van der Waals surface area contributed by atoms with Crippen LogP contribution in [0.5, 0.6) is 0 Å². The van der Waals surface area contributed by atoms with E-state index in [0.29, 0.717) is 12.2 Å². The lowest BCUT2D eigenvalue weighted by Gasteiger charge is -2.00. The molecule has 1 amide bonds. The predicted octanol–water partition coefficient (Wildman–Crippen LogP) is 4.19. The van der Waals surface area contributed by atoms with Gasteiger partial charge >= 0.3 is 0 Å². The standard InChI is InChI=1S/C17H12FN3OS2/c18-12-5-3-11(4-6-12)15-10-21-9-14(20-17(21)24-15)16(22)19-8-13-2-1-7-23-13/h1-7,9-10H,8H2,(H,19,22). The van der Waals surface area contributed by atoms with Crippen LogP contribution in [0.4, 0.5) is 4.39 Å². The van der Waals surface area contributed by atoms with Crippen molar-refractivity contribution >= 4 is 33.5 Å². The molecular weight excluding hydrogens is 345 g/mol. The van der Waals surface area contributed by atoms with Gasteiger partial charge in [-0.2, -0.15) is 0 Å². The molecule has 0 saturated carbocycles. The number of fused-ring (bicyclic) bond motifs is 1. The van der Waals surface area contributed by atoms with Gasteiger partial charge in [-0.25, -0.2) is 9.37 Å². The number of imidazole rings is 1. The molecule has 120 valence electrons. The largest absolute Gasteiger partial charge is 0.346 e. The van der Waals surface area contributed by atoms with E-state index in [0.717, 1.165) is 20.3 Å². The SMILES string of the molecule is O=C(NCc1cccs1)c1cn2cc(-c3ccc(F)cc3)sc2n1. The van der Waals surface area contributed by atoms with Crippen molar-refractivity contribution in [2.45, 2.75) is 6.54 Å². The molecule has 0 unspecified atom stereocenters. The second-order valence-electron chi connectivity index (χ2n) is 5.18. The quantitative estimate of drug-likeness (QED) is 0.595. The number of carbonyl (C=O) groups is 1. The predicted molar refractivity (Wildman–Crippen MR) is 94.0 cm³/mol. The maximum atomic E-state index is 13.0. The van der Waals surface area contributed by atoms with Gasteiger partial charge in [-0.15, -0.1) is 11.3 Å². The molecule has 0 aliphatic rings. The van der Waals surface area contributed by atoms with Gasteiger partial charge in [0.25, 0.3) is 5.91 Å². The maximum Gasteiger partial charge on any atom is 0.271 e. The van der Waals surface area contributed by atoms with Gasteiger partial charge in [-0.3, -0.25) is 9.20 Å². The lowest BCUT2D eigenvalue weighted by molar-refractivity contribution is 0.0947. The third-order valence-corrected chi connectivity index (χ3v) is 5.44. The number of carbonyl (C=O) groups excluding carboxylic acids is 1. The summed E-state index contributed by atoms with van der Waals surface area (Å²) in [7, 11) is 0. The Kier molecular flexibility index (Phi) is 3.87. The Balaban J connectivity index is 1.52. The molecule has 0 aliphatic heterocycles. The van der Waals surface area contributed by atoms with E-state index in [-0.39, 0.29) is 11.7 Å². The van der Waals surface area contributed by atoms with Crippen molar-refractivity contribution in [3.05, 3.63) is 70.6 Å². The first-order valence-corrected chi connectivity index (χ1v) is 8.94. The van der Waals surface area contributed by atoms with E-state index in [2.05, 4.69) is 10.3 Å². The van der Waals surface area contributed by atoms with Gasteiger partial charge in [0, 0.05) is 17.3 Å². The molecule has 0 fully saturated rings. The molecule has 1 N–H and O–H groups in total. The topological polar surface area (TPSA) is 46.4 Å². The zero-order valence-electron chi connectivity index (χ0n) is 12.4. The fourth-order valence-corrected chi connectivity index (χ4v) is 3.94. The van der Waals surface area contributed by atoms with Crippen molar-refractivity contribution in [1.29, 1.82) is 0 Å². The van der Waals surface area contributed by atoms with Crippen molar-refractivity contribution in [2.75, 3.05) is 0 Å². The highest BCUT2D eigenvalue weighted by Crippen LogP contribution is 2.28. The third-order valence-electron chi connectivity index (χ3n) is 3.52. The van der Waals surface area contributed by atoms with Crippen LogP contribution >= 0.6 is 22.7 Å². The van der Waals surface area contributed by atoms with Gasteiger partial charge < -0.3 is 5.32 Å². The number of hydrogen-bond acceptors (Lipinski definition) is 4. The van der Waals surface area contributed by atoms with E-state index in [4.69, 9.17) is 0 Å². The molecule has 0 atom stereocenters. The summed E-state index contributed by atoms with van der Waals surface area (Å²) in [6.45, 7) is 0.502. The highest BCUT2D eigenvalue weighted by Gasteiger charge is 2.13. The van der Waals surface area contributed by atoms with Gasteiger partial charge in [-0.05, 0) is 29.1 Å². The monoisotopic (exact) mass is 357 g/mol. The molecule has 3 aromatic heterocycles. The fourth-order valence-electron chi connectivity index (χ4n) is 2.32. The minimum Gasteiger partial charge on any atom is -0.346 e. The van der Waals surface area contributed by atoms with E-state index in [1.165, 1.54) is 23.5 Å². The van der Waals surface area contributed by atoms with Gasteiger partial charge in [0.2, 0.25) is 0 Å². The Bertz CT molecular complexity index is 955. The van der Waals surface area contributed by atoms with Crippen LogP contribution in [-0.2, 0) is 6.54 Å². The third kappa shape index (κ3) is 2.95. The smallest absolute Gasteiger partial charge is 0.271 e. The molecule has 0 saturated heterocycles. The number of hydrogen-bond donors (Lipinski definition) is 1. The molecule has 24 heavy (non-hydrogen) atoms. The van der Waals surface area contributed by atoms with E-state index >= 15 is 0 Å². The van der Waals surface area contributed by atoms with Gasteiger partial charge in [0.05, 0.1) is 11.4 Å². The first kappa shape index (κ1) is 15.0. The number of thiophene rings is 1. The summed E-state index contributed by atoms with van der Waals surface area (Å²) in [6.07, 6.45) is 3.61. The Morgan fingerprint density at radius 3 is 2.75 bits per heavy atom. The number of halogens is 1. The summed E-state index contributed by atoms with van der Waals surface area (Å²) < 4.78 is 14.8. The summed E-state index contributed by atoms with van der Waals surface area (Å²) in [5.41, 5.74) is 1.32. The normalized spacial score (nSPS) is 11.0. The van der Waals surface area contributed by atoms with Crippen LogP contribution in [0.2, 0.25) is 0 Å². The molecule has 3 heterocycles. The second-order valence-corrected chi connectivity index (χ2v) is 7.22. The number of thiazole rings is 1. The minimum absolute atomic E-state index is 0.192. The first-order chi connectivity index (χ1) is 11.7. The molecule has 4 rings (SSSR count). The number of nitrogens with zero attached hydrogens (tertiary/aromatic N) is 2. The van der Waals surface area contributed by atoms with E-state index in [1.807, 2.05) is 28.1 Å². The van der Waals surface area contributed by atoms with Gasteiger partial charge in [0.1, 0.15) is 11.5 Å². The van der Waals surface area contributed by atoms with Crippen LogP contribution in [-0.4, -0.2) is 15.3 Å².